The summed E-state index contributed by atoms with van der Waals surface area (Å²) >= 11 is 0. The molecule has 0 radical (unpaired) electrons. The molecule has 3 unspecified atom stereocenters. The maximum absolute atomic E-state index is 6.17. The smallest absolute Gasteiger partial charge is 0.125 e. The van der Waals surface area contributed by atoms with Crippen LogP contribution in [0.4, 0.5) is 5.82 Å². The normalized spacial score (nSPS) is 31.6. The number of rotatable bonds is 2. The van der Waals surface area contributed by atoms with Crippen LogP contribution in [0.1, 0.15) is 62.6 Å². The number of nitrogen functional groups attached to an aromatic ring is 1. The van der Waals surface area contributed by atoms with Crippen molar-refractivity contribution in [2.24, 2.45) is 18.9 Å². The zero-order chi connectivity index (χ0) is 12.2. The van der Waals surface area contributed by atoms with Gasteiger partial charge in [0.2, 0.25) is 0 Å². The lowest BCUT2D eigenvalue weighted by Crippen LogP contribution is -2.11. The molecule has 0 aliphatic heterocycles. The Hall–Kier alpha value is -0.990. The van der Waals surface area contributed by atoms with E-state index < -0.39 is 0 Å². The number of aryl methyl sites for hydroxylation is 1. The SMILES string of the molecule is CC(C)c1c(C2CC3CCC2C3)nn(C)c1N. The molecule has 0 amide bonds. The van der Waals surface area contributed by atoms with E-state index in [1.54, 1.807) is 0 Å². The summed E-state index contributed by atoms with van der Waals surface area (Å²) in [5, 5.41) is 4.72. The first-order chi connectivity index (χ1) is 8.08. The standard InChI is InChI=1S/C14H23N3/c1-8(2)12-13(16-17(3)14(12)15)11-7-9-4-5-10(11)6-9/h8-11H,4-7,15H2,1-3H3. The maximum Gasteiger partial charge on any atom is 0.125 e. The van der Waals surface area contributed by atoms with E-state index in [1.807, 2.05) is 11.7 Å². The second kappa shape index (κ2) is 3.76. The third-order valence-electron chi connectivity index (χ3n) is 4.82. The molecule has 0 spiro atoms. The summed E-state index contributed by atoms with van der Waals surface area (Å²) in [7, 11) is 1.97. The van der Waals surface area contributed by atoms with Gasteiger partial charge in [-0.05, 0) is 37.0 Å². The van der Waals surface area contributed by atoms with Gasteiger partial charge in [-0.15, -0.1) is 0 Å². The van der Waals surface area contributed by atoms with Crippen molar-refractivity contribution in [3.8, 4) is 0 Å². The van der Waals surface area contributed by atoms with E-state index in [4.69, 9.17) is 10.8 Å². The number of nitrogens with zero attached hydrogens (tertiary/aromatic N) is 2. The third-order valence-corrected chi connectivity index (χ3v) is 4.82. The summed E-state index contributed by atoms with van der Waals surface area (Å²) in [6, 6.07) is 0. The summed E-state index contributed by atoms with van der Waals surface area (Å²) in [4.78, 5) is 0. The van der Waals surface area contributed by atoms with Crippen LogP contribution < -0.4 is 5.73 Å². The minimum absolute atomic E-state index is 0.484. The van der Waals surface area contributed by atoms with Crippen LogP contribution in [0.15, 0.2) is 0 Å². The molecule has 1 aromatic heterocycles. The van der Waals surface area contributed by atoms with Crippen molar-refractivity contribution in [3.63, 3.8) is 0 Å². The van der Waals surface area contributed by atoms with Crippen LogP contribution >= 0.6 is 0 Å². The van der Waals surface area contributed by atoms with E-state index in [0.717, 1.165) is 17.7 Å². The average molecular weight is 233 g/mol. The summed E-state index contributed by atoms with van der Waals surface area (Å²) in [6.07, 6.45) is 5.63. The van der Waals surface area contributed by atoms with Gasteiger partial charge in [-0.3, -0.25) is 4.68 Å². The molecular formula is C14H23N3. The van der Waals surface area contributed by atoms with E-state index >= 15 is 0 Å². The fourth-order valence-electron chi connectivity index (χ4n) is 4.02. The highest BCUT2D eigenvalue weighted by Gasteiger charge is 2.42. The highest BCUT2D eigenvalue weighted by atomic mass is 15.3. The van der Waals surface area contributed by atoms with Crippen molar-refractivity contribution < 1.29 is 0 Å². The van der Waals surface area contributed by atoms with E-state index in [-0.39, 0.29) is 0 Å². The molecule has 94 valence electrons. The van der Waals surface area contributed by atoms with Gasteiger partial charge in [0.25, 0.3) is 0 Å². The molecule has 2 aliphatic rings. The van der Waals surface area contributed by atoms with Crippen LogP contribution in [0.2, 0.25) is 0 Å². The van der Waals surface area contributed by atoms with Gasteiger partial charge in [0, 0.05) is 18.5 Å². The lowest BCUT2D eigenvalue weighted by atomic mass is 9.83. The molecule has 0 saturated heterocycles. The monoisotopic (exact) mass is 233 g/mol. The fourth-order valence-corrected chi connectivity index (χ4v) is 4.02. The first kappa shape index (κ1) is 11.1. The summed E-state index contributed by atoms with van der Waals surface area (Å²) < 4.78 is 1.87. The Morgan fingerprint density at radius 1 is 1.29 bits per heavy atom. The van der Waals surface area contributed by atoms with Crippen molar-refractivity contribution >= 4 is 5.82 Å². The van der Waals surface area contributed by atoms with Crippen molar-refractivity contribution in [1.82, 2.24) is 9.78 Å². The number of anilines is 1. The highest BCUT2D eigenvalue weighted by Crippen LogP contribution is 2.53. The molecule has 2 fully saturated rings. The van der Waals surface area contributed by atoms with Crippen molar-refractivity contribution in [2.75, 3.05) is 5.73 Å². The maximum atomic E-state index is 6.17. The predicted octanol–water partition coefficient (Wildman–Crippen LogP) is 3.03. The van der Waals surface area contributed by atoms with Crippen LogP contribution in [0.5, 0.6) is 0 Å². The largest absolute Gasteiger partial charge is 0.384 e. The van der Waals surface area contributed by atoms with Crippen molar-refractivity contribution in [2.45, 2.75) is 51.4 Å². The third kappa shape index (κ3) is 1.59. The van der Waals surface area contributed by atoms with E-state index in [1.165, 1.54) is 36.9 Å². The molecule has 3 atom stereocenters. The number of nitrogens with two attached hydrogens (primary N) is 1. The molecule has 3 rings (SSSR count). The molecule has 2 bridgehead atoms. The van der Waals surface area contributed by atoms with Crippen LogP contribution in [-0.4, -0.2) is 9.78 Å². The second-order valence-electron chi connectivity index (χ2n) is 6.24. The van der Waals surface area contributed by atoms with Gasteiger partial charge in [-0.25, -0.2) is 0 Å². The Kier molecular flexibility index (Phi) is 2.46. The Balaban J connectivity index is 2.00. The van der Waals surface area contributed by atoms with Crippen LogP contribution in [-0.2, 0) is 7.05 Å². The Morgan fingerprint density at radius 2 is 2.06 bits per heavy atom. The van der Waals surface area contributed by atoms with Gasteiger partial charge in [-0.2, -0.15) is 5.10 Å². The summed E-state index contributed by atoms with van der Waals surface area (Å²) in [5.41, 5.74) is 8.79. The zero-order valence-electron chi connectivity index (χ0n) is 11.1. The Labute approximate surface area is 103 Å². The first-order valence-corrected chi connectivity index (χ1v) is 6.90. The zero-order valence-corrected chi connectivity index (χ0v) is 11.1. The first-order valence-electron chi connectivity index (χ1n) is 6.90. The average Bonchev–Trinajstić information content (AvgIpc) is 2.93. The highest BCUT2D eigenvalue weighted by molar-refractivity contribution is 5.47. The van der Waals surface area contributed by atoms with Crippen LogP contribution in [0, 0.1) is 11.8 Å². The van der Waals surface area contributed by atoms with E-state index in [9.17, 15) is 0 Å². The lowest BCUT2D eigenvalue weighted by Gasteiger charge is -2.21. The Bertz CT molecular complexity index is 433. The Morgan fingerprint density at radius 3 is 2.59 bits per heavy atom. The molecule has 2 saturated carbocycles. The van der Waals surface area contributed by atoms with Crippen LogP contribution in [0.3, 0.4) is 0 Å². The van der Waals surface area contributed by atoms with Gasteiger partial charge >= 0.3 is 0 Å². The quantitative estimate of drug-likeness (QED) is 0.853. The van der Waals surface area contributed by atoms with Crippen LogP contribution in [0.25, 0.3) is 0 Å². The number of aromatic nitrogens is 2. The molecule has 2 aliphatic carbocycles. The van der Waals surface area contributed by atoms with E-state index in [0.29, 0.717) is 11.8 Å². The fraction of sp³-hybridized carbons (Fsp3) is 0.786. The minimum Gasteiger partial charge on any atom is -0.384 e. The van der Waals surface area contributed by atoms with Crippen molar-refractivity contribution in [1.29, 1.82) is 0 Å². The number of hydrogen-bond acceptors (Lipinski definition) is 2. The van der Waals surface area contributed by atoms with Crippen molar-refractivity contribution in [3.05, 3.63) is 11.3 Å². The second-order valence-corrected chi connectivity index (χ2v) is 6.24. The number of fused-ring (bicyclic) bond motifs is 2. The summed E-state index contributed by atoms with van der Waals surface area (Å²) in [5.74, 6) is 3.89. The molecule has 1 aromatic rings. The van der Waals surface area contributed by atoms with Gasteiger partial charge in [0.05, 0.1) is 5.69 Å². The van der Waals surface area contributed by atoms with Gasteiger partial charge in [0.1, 0.15) is 5.82 Å². The lowest BCUT2D eigenvalue weighted by molar-refractivity contribution is 0.408. The molecule has 3 nitrogen and oxygen atoms in total. The van der Waals surface area contributed by atoms with Gasteiger partial charge < -0.3 is 5.73 Å². The van der Waals surface area contributed by atoms with E-state index in [2.05, 4.69) is 13.8 Å². The molecular weight excluding hydrogens is 210 g/mol. The molecule has 0 aromatic carbocycles. The molecule has 17 heavy (non-hydrogen) atoms. The summed E-state index contributed by atoms with van der Waals surface area (Å²) in [6.45, 7) is 4.45. The topological polar surface area (TPSA) is 43.8 Å². The molecule has 3 heteroatoms. The van der Waals surface area contributed by atoms with Gasteiger partial charge in [0.15, 0.2) is 0 Å². The predicted molar refractivity (Wildman–Crippen MR) is 69.9 cm³/mol. The molecule has 1 heterocycles. The van der Waals surface area contributed by atoms with Gasteiger partial charge in [-0.1, -0.05) is 20.3 Å². The number of hydrogen-bond donors (Lipinski definition) is 1. The molecule has 2 N–H and O–H groups in total. The minimum atomic E-state index is 0.484.